The Labute approximate surface area is 78.8 Å². The molecule has 0 radical (unpaired) electrons. The number of amides is 1. The van der Waals surface area contributed by atoms with Gasteiger partial charge in [-0.1, -0.05) is 13.8 Å². The molecule has 1 aliphatic carbocycles. The first-order chi connectivity index (χ1) is 6.16. The standard InChI is InChI=1S/C10H16N2O/c1-7(2)6-12-10(13)5-9(11-12)8-3-4-8/h7-8H,3-6H2,1-2H3. The lowest BCUT2D eigenvalue weighted by molar-refractivity contribution is -0.129. The van der Waals surface area contributed by atoms with Gasteiger partial charge in [-0.2, -0.15) is 5.10 Å². The monoisotopic (exact) mass is 180 g/mol. The highest BCUT2D eigenvalue weighted by Gasteiger charge is 2.34. The molecule has 0 bridgehead atoms. The Hall–Kier alpha value is -0.860. The molecule has 0 aromatic carbocycles. The van der Waals surface area contributed by atoms with Crippen LogP contribution in [0.5, 0.6) is 0 Å². The van der Waals surface area contributed by atoms with Crippen molar-refractivity contribution in [1.82, 2.24) is 5.01 Å². The number of rotatable bonds is 3. The third-order valence-corrected chi connectivity index (χ3v) is 2.46. The molecule has 1 fully saturated rings. The van der Waals surface area contributed by atoms with E-state index in [0.717, 1.165) is 12.3 Å². The maximum absolute atomic E-state index is 11.5. The normalized spacial score (nSPS) is 22.8. The van der Waals surface area contributed by atoms with Crippen molar-refractivity contribution >= 4 is 11.6 Å². The first-order valence-electron chi connectivity index (χ1n) is 5.04. The van der Waals surface area contributed by atoms with Crippen LogP contribution in [0.3, 0.4) is 0 Å². The van der Waals surface area contributed by atoms with Gasteiger partial charge in [0.25, 0.3) is 0 Å². The number of nitrogens with zero attached hydrogens (tertiary/aromatic N) is 2. The maximum atomic E-state index is 11.5. The zero-order valence-electron chi connectivity index (χ0n) is 8.29. The topological polar surface area (TPSA) is 32.7 Å². The van der Waals surface area contributed by atoms with Crippen molar-refractivity contribution in [2.75, 3.05) is 6.54 Å². The van der Waals surface area contributed by atoms with E-state index in [1.165, 1.54) is 12.8 Å². The van der Waals surface area contributed by atoms with E-state index in [9.17, 15) is 4.79 Å². The zero-order valence-corrected chi connectivity index (χ0v) is 8.29. The number of hydrazone groups is 1. The van der Waals surface area contributed by atoms with E-state index in [1.54, 1.807) is 5.01 Å². The van der Waals surface area contributed by atoms with Crippen molar-refractivity contribution in [3.8, 4) is 0 Å². The highest BCUT2D eigenvalue weighted by Crippen LogP contribution is 2.34. The van der Waals surface area contributed by atoms with Crippen LogP contribution in [0.4, 0.5) is 0 Å². The molecule has 13 heavy (non-hydrogen) atoms. The lowest BCUT2D eigenvalue weighted by atomic mass is 10.2. The fourth-order valence-corrected chi connectivity index (χ4v) is 1.62. The van der Waals surface area contributed by atoms with Crippen LogP contribution >= 0.6 is 0 Å². The second-order valence-corrected chi connectivity index (χ2v) is 4.41. The van der Waals surface area contributed by atoms with Crippen molar-refractivity contribution in [1.29, 1.82) is 0 Å². The molecule has 0 spiro atoms. The number of carbonyl (C=O) groups excluding carboxylic acids is 1. The van der Waals surface area contributed by atoms with E-state index in [4.69, 9.17) is 0 Å². The fourth-order valence-electron chi connectivity index (χ4n) is 1.62. The molecule has 0 aromatic rings. The van der Waals surface area contributed by atoms with Crippen LogP contribution in [-0.4, -0.2) is 23.2 Å². The second-order valence-electron chi connectivity index (χ2n) is 4.41. The van der Waals surface area contributed by atoms with Gasteiger partial charge in [0.05, 0.1) is 12.1 Å². The molecule has 2 aliphatic rings. The van der Waals surface area contributed by atoms with Gasteiger partial charge in [0.2, 0.25) is 5.91 Å². The van der Waals surface area contributed by atoms with Crippen LogP contribution in [0.1, 0.15) is 33.1 Å². The maximum Gasteiger partial charge on any atom is 0.248 e. The second kappa shape index (κ2) is 3.13. The molecule has 3 heteroatoms. The molecule has 0 unspecified atom stereocenters. The van der Waals surface area contributed by atoms with Gasteiger partial charge < -0.3 is 0 Å². The molecule has 1 saturated carbocycles. The summed E-state index contributed by atoms with van der Waals surface area (Å²) < 4.78 is 0. The molecule has 1 aliphatic heterocycles. The Morgan fingerprint density at radius 3 is 2.77 bits per heavy atom. The Morgan fingerprint density at radius 2 is 2.23 bits per heavy atom. The molecule has 0 aromatic heterocycles. The van der Waals surface area contributed by atoms with E-state index in [0.29, 0.717) is 18.3 Å². The molecule has 72 valence electrons. The lowest BCUT2D eigenvalue weighted by Gasteiger charge is -2.13. The quantitative estimate of drug-likeness (QED) is 0.650. The summed E-state index contributed by atoms with van der Waals surface area (Å²) in [7, 11) is 0. The minimum atomic E-state index is 0.190. The molecule has 3 nitrogen and oxygen atoms in total. The highest BCUT2D eigenvalue weighted by molar-refractivity contribution is 6.06. The Kier molecular flexibility index (Phi) is 2.10. The van der Waals surface area contributed by atoms with Crippen LogP contribution in [0, 0.1) is 11.8 Å². The first-order valence-corrected chi connectivity index (χ1v) is 5.04. The van der Waals surface area contributed by atoms with Crippen molar-refractivity contribution in [2.45, 2.75) is 33.1 Å². The van der Waals surface area contributed by atoms with E-state index in [1.807, 2.05) is 0 Å². The fraction of sp³-hybridized carbons (Fsp3) is 0.800. The average Bonchev–Trinajstić information content (AvgIpc) is 2.79. The van der Waals surface area contributed by atoms with Gasteiger partial charge in [-0.05, 0) is 24.7 Å². The lowest BCUT2D eigenvalue weighted by Crippen LogP contribution is -2.24. The summed E-state index contributed by atoms with van der Waals surface area (Å²) in [5.41, 5.74) is 1.13. The minimum absolute atomic E-state index is 0.190. The first kappa shape index (κ1) is 8.73. The Morgan fingerprint density at radius 1 is 1.54 bits per heavy atom. The molecule has 2 rings (SSSR count). The van der Waals surface area contributed by atoms with Crippen LogP contribution in [-0.2, 0) is 4.79 Å². The smallest absolute Gasteiger partial charge is 0.248 e. The number of hydrogen-bond acceptors (Lipinski definition) is 2. The Balaban J connectivity index is 1.98. The highest BCUT2D eigenvalue weighted by atomic mass is 16.2. The van der Waals surface area contributed by atoms with E-state index < -0.39 is 0 Å². The number of hydrogen-bond donors (Lipinski definition) is 0. The van der Waals surface area contributed by atoms with E-state index >= 15 is 0 Å². The van der Waals surface area contributed by atoms with Crippen molar-refractivity contribution in [3.05, 3.63) is 0 Å². The minimum Gasteiger partial charge on any atom is -0.273 e. The molecular formula is C10H16N2O. The van der Waals surface area contributed by atoms with Crippen LogP contribution in [0.15, 0.2) is 5.10 Å². The zero-order chi connectivity index (χ0) is 9.42. The summed E-state index contributed by atoms with van der Waals surface area (Å²) in [6.45, 7) is 4.99. The summed E-state index contributed by atoms with van der Waals surface area (Å²) in [6.07, 6.45) is 3.06. The van der Waals surface area contributed by atoms with Gasteiger partial charge in [0, 0.05) is 6.54 Å². The van der Waals surface area contributed by atoms with Crippen LogP contribution in [0.25, 0.3) is 0 Å². The van der Waals surface area contributed by atoms with Crippen molar-refractivity contribution in [3.63, 3.8) is 0 Å². The van der Waals surface area contributed by atoms with Gasteiger partial charge in [-0.25, -0.2) is 5.01 Å². The van der Waals surface area contributed by atoms with Crippen LogP contribution < -0.4 is 0 Å². The SMILES string of the molecule is CC(C)CN1N=C(C2CC2)CC1=O. The van der Waals surface area contributed by atoms with E-state index in [2.05, 4.69) is 18.9 Å². The summed E-state index contributed by atoms with van der Waals surface area (Å²) in [5, 5.41) is 6.02. The van der Waals surface area contributed by atoms with Crippen LogP contribution in [0.2, 0.25) is 0 Å². The van der Waals surface area contributed by atoms with Crippen molar-refractivity contribution in [2.24, 2.45) is 16.9 Å². The van der Waals surface area contributed by atoms with Gasteiger partial charge in [-0.15, -0.1) is 0 Å². The average molecular weight is 180 g/mol. The van der Waals surface area contributed by atoms with Gasteiger partial charge in [-0.3, -0.25) is 4.79 Å². The molecule has 0 N–H and O–H groups in total. The van der Waals surface area contributed by atoms with E-state index in [-0.39, 0.29) is 5.91 Å². The predicted octanol–water partition coefficient (Wildman–Crippen LogP) is 1.64. The predicted molar refractivity (Wildman–Crippen MR) is 51.3 cm³/mol. The van der Waals surface area contributed by atoms with Gasteiger partial charge >= 0.3 is 0 Å². The molecule has 1 heterocycles. The molecular weight excluding hydrogens is 164 g/mol. The van der Waals surface area contributed by atoms with Gasteiger partial charge in [0.1, 0.15) is 0 Å². The summed E-state index contributed by atoms with van der Waals surface area (Å²) in [6, 6.07) is 0. The van der Waals surface area contributed by atoms with Crippen molar-refractivity contribution < 1.29 is 4.79 Å². The molecule has 0 atom stereocenters. The third kappa shape index (κ3) is 1.90. The number of carbonyl (C=O) groups is 1. The Bertz CT molecular complexity index is 254. The summed E-state index contributed by atoms with van der Waals surface area (Å²) >= 11 is 0. The van der Waals surface area contributed by atoms with Gasteiger partial charge in [0.15, 0.2) is 0 Å². The molecule has 1 amide bonds. The summed E-state index contributed by atoms with van der Waals surface area (Å²) in [5.74, 6) is 1.34. The molecule has 0 saturated heterocycles. The largest absolute Gasteiger partial charge is 0.273 e. The summed E-state index contributed by atoms with van der Waals surface area (Å²) in [4.78, 5) is 11.5. The third-order valence-electron chi connectivity index (χ3n) is 2.46.